The second-order valence-electron chi connectivity index (χ2n) is 7.00. The largest absolute Gasteiger partial charge is 0.369 e. The molecule has 20 heavy (non-hydrogen) atoms. The molecule has 2 nitrogen and oxygen atoms in total. The van der Waals surface area contributed by atoms with Crippen LogP contribution in [-0.2, 0) is 9.53 Å². The molecule has 0 bridgehead atoms. The van der Waals surface area contributed by atoms with Crippen molar-refractivity contribution in [1.82, 2.24) is 0 Å². The van der Waals surface area contributed by atoms with Gasteiger partial charge in [-0.05, 0) is 46.1 Å². The molecule has 2 unspecified atom stereocenters. The van der Waals surface area contributed by atoms with Crippen LogP contribution in [0.5, 0.6) is 0 Å². The molecule has 110 valence electrons. The molecule has 0 amide bonds. The lowest BCUT2D eigenvalue weighted by Gasteiger charge is -2.28. The summed E-state index contributed by atoms with van der Waals surface area (Å²) in [7, 11) is 0. The summed E-state index contributed by atoms with van der Waals surface area (Å²) in [5.74, 6) is 0.287. The van der Waals surface area contributed by atoms with Gasteiger partial charge in [0.15, 0.2) is 0 Å². The van der Waals surface area contributed by atoms with Gasteiger partial charge in [-0.25, -0.2) is 0 Å². The highest BCUT2D eigenvalue weighted by molar-refractivity contribution is 5.89. The lowest BCUT2D eigenvalue weighted by atomic mass is 9.77. The van der Waals surface area contributed by atoms with Crippen LogP contribution in [0.2, 0.25) is 0 Å². The molecule has 0 N–H and O–H groups in total. The predicted molar refractivity (Wildman–Crippen MR) is 81.8 cm³/mol. The Balaban J connectivity index is 2.26. The highest BCUT2D eigenvalue weighted by atomic mass is 16.5. The summed E-state index contributed by atoms with van der Waals surface area (Å²) in [4.78, 5) is 13.0. The van der Waals surface area contributed by atoms with E-state index in [1.807, 2.05) is 32.0 Å². The fourth-order valence-electron chi connectivity index (χ4n) is 3.53. The van der Waals surface area contributed by atoms with Crippen molar-refractivity contribution in [2.45, 2.75) is 64.6 Å². The van der Waals surface area contributed by atoms with Crippen LogP contribution in [-0.4, -0.2) is 17.0 Å². The average Bonchev–Trinajstić information content (AvgIpc) is 2.59. The first-order chi connectivity index (χ1) is 9.27. The van der Waals surface area contributed by atoms with Gasteiger partial charge in [0.05, 0.1) is 11.2 Å². The number of hydrogen-bond donors (Lipinski definition) is 0. The highest BCUT2D eigenvalue weighted by Crippen LogP contribution is 2.44. The van der Waals surface area contributed by atoms with Crippen molar-refractivity contribution in [3.63, 3.8) is 0 Å². The third kappa shape index (κ3) is 2.95. The quantitative estimate of drug-likeness (QED) is 0.816. The van der Waals surface area contributed by atoms with Crippen molar-refractivity contribution in [1.29, 1.82) is 0 Å². The van der Waals surface area contributed by atoms with Gasteiger partial charge in [-0.2, -0.15) is 0 Å². The van der Waals surface area contributed by atoms with Crippen LogP contribution in [0.4, 0.5) is 0 Å². The van der Waals surface area contributed by atoms with Gasteiger partial charge in [-0.15, -0.1) is 0 Å². The fourth-order valence-corrected chi connectivity index (χ4v) is 3.53. The molecular formula is C18H26O2. The maximum absolute atomic E-state index is 13.0. The molecule has 1 aromatic carbocycles. The first-order valence-corrected chi connectivity index (χ1v) is 7.55. The minimum atomic E-state index is -0.372. The Morgan fingerprint density at radius 2 is 1.85 bits per heavy atom. The maximum Gasteiger partial charge on any atom is 0.146 e. The molecule has 2 atom stereocenters. The number of Topliss-reactive ketones (excluding diaryl/α,β-unsaturated/α-hetero) is 1. The first-order valence-electron chi connectivity index (χ1n) is 7.55. The molecule has 0 aromatic heterocycles. The van der Waals surface area contributed by atoms with Crippen molar-refractivity contribution in [2.24, 2.45) is 5.92 Å². The van der Waals surface area contributed by atoms with Crippen molar-refractivity contribution in [3.05, 3.63) is 35.9 Å². The highest BCUT2D eigenvalue weighted by Gasteiger charge is 2.50. The Bertz CT molecular complexity index is 473. The molecule has 2 heteroatoms. The summed E-state index contributed by atoms with van der Waals surface area (Å²) in [5, 5.41) is 0. The van der Waals surface area contributed by atoms with Crippen LogP contribution in [0.25, 0.3) is 0 Å². The van der Waals surface area contributed by atoms with E-state index in [1.54, 1.807) is 0 Å². The van der Waals surface area contributed by atoms with Gasteiger partial charge in [-0.1, -0.05) is 37.3 Å². The van der Waals surface area contributed by atoms with E-state index >= 15 is 0 Å². The van der Waals surface area contributed by atoms with Crippen LogP contribution >= 0.6 is 0 Å². The summed E-state index contributed by atoms with van der Waals surface area (Å²) in [6.07, 6.45) is 1.65. The Morgan fingerprint density at radius 1 is 1.25 bits per heavy atom. The van der Waals surface area contributed by atoms with E-state index in [-0.39, 0.29) is 23.0 Å². The van der Waals surface area contributed by atoms with E-state index in [4.69, 9.17) is 4.74 Å². The number of hydrogen-bond acceptors (Lipinski definition) is 2. The molecule has 0 saturated carbocycles. The molecule has 0 spiro atoms. The lowest BCUT2D eigenvalue weighted by molar-refractivity contribution is -0.131. The number of ether oxygens (including phenoxy) is 1. The lowest BCUT2D eigenvalue weighted by Crippen LogP contribution is -2.36. The van der Waals surface area contributed by atoms with Gasteiger partial charge >= 0.3 is 0 Å². The van der Waals surface area contributed by atoms with E-state index in [2.05, 4.69) is 32.9 Å². The van der Waals surface area contributed by atoms with Crippen LogP contribution in [0.3, 0.4) is 0 Å². The zero-order chi connectivity index (χ0) is 15.0. The number of benzene rings is 1. The third-order valence-electron chi connectivity index (χ3n) is 4.37. The van der Waals surface area contributed by atoms with E-state index in [0.717, 1.165) is 18.4 Å². The number of carbonyl (C=O) groups is 1. The fraction of sp³-hybridized carbons (Fsp3) is 0.611. The van der Waals surface area contributed by atoms with E-state index in [0.29, 0.717) is 5.78 Å². The van der Waals surface area contributed by atoms with E-state index in [1.165, 1.54) is 0 Å². The van der Waals surface area contributed by atoms with E-state index < -0.39 is 0 Å². The third-order valence-corrected chi connectivity index (χ3v) is 4.37. The smallest absolute Gasteiger partial charge is 0.146 e. The Labute approximate surface area is 122 Å². The van der Waals surface area contributed by atoms with Crippen LogP contribution in [0.15, 0.2) is 30.3 Å². The van der Waals surface area contributed by atoms with Crippen molar-refractivity contribution < 1.29 is 9.53 Å². The summed E-state index contributed by atoms with van der Waals surface area (Å²) >= 11 is 0. The maximum atomic E-state index is 13.0. The van der Waals surface area contributed by atoms with Gasteiger partial charge in [0.2, 0.25) is 0 Å². The molecule has 1 aliphatic heterocycles. The van der Waals surface area contributed by atoms with E-state index in [9.17, 15) is 4.79 Å². The molecular weight excluding hydrogens is 248 g/mol. The van der Waals surface area contributed by atoms with Crippen molar-refractivity contribution in [2.75, 3.05) is 0 Å². The van der Waals surface area contributed by atoms with Crippen LogP contribution in [0, 0.1) is 5.92 Å². The van der Waals surface area contributed by atoms with Crippen molar-refractivity contribution >= 4 is 5.78 Å². The monoisotopic (exact) mass is 274 g/mol. The van der Waals surface area contributed by atoms with Gasteiger partial charge in [-0.3, -0.25) is 4.79 Å². The Kier molecular flexibility index (Phi) is 4.06. The average molecular weight is 274 g/mol. The van der Waals surface area contributed by atoms with Gasteiger partial charge < -0.3 is 4.74 Å². The predicted octanol–water partition coefficient (Wildman–Crippen LogP) is 4.34. The molecule has 1 aliphatic rings. The second-order valence-corrected chi connectivity index (χ2v) is 7.00. The number of ketones is 1. The molecule has 1 fully saturated rings. The minimum Gasteiger partial charge on any atom is -0.369 e. The molecule has 1 aromatic rings. The summed E-state index contributed by atoms with van der Waals surface area (Å²) in [5.41, 5.74) is 0.544. The first kappa shape index (κ1) is 15.2. The molecule has 1 heterocycles. The molecule has 0 aliphatic carbocycles. The molecule has 1 saturated heterocycles. The Morgan fingerprint density at radius 3 is 2.30 bits per heavy atom. The molecule has 0 radical (unpaired) electrons. The normalized spacial score (nSPS) is 25.4. The zero-order valence-corrected chi connectivity index (χ0v) is 13.3. The summed E-state index contributed by atoms with van der Waals surface area (Å²) < 4.78 is 6.08. The van der Waals surface area contributed by atoms with Gasteiger partial charge in [0, 0.05) is 11.8 Å². The van der Waals surface area contributed by atoms with Gasteiger partial charge in [0.25, 0.3) is 0 Å². The minimum absolute atomic E-state index is 0.0158. The number of carbonyl (C=O) groups excluding carboxylic acids is 1. The summed E-state index contributed by atoms with van der Waals surface area (Å²) in [6.45, 7) is 10.3. The zero-order valence-electron chi connectivity index (χ0n) is 13.3. The number of rotatable bonds is 4. The standard InChI is InChI=1S/C18H26O2/c1-6-14(13-10-8-7-9-11-13)16(19)15-12-17(2,3)20-18(15,4)5/h7-11,14-15H,6,12H2,1-5H3. The van der Waals surface area contributed by atoms with Crippen LogP contribution in [0.1, 0.15) is 58.9 Å². The van der Waals surface area contributed by atoms with Gasteiger partial charge in [0.1, 0.15) is 5.78 Å². The Hall–Kier alpha value is -1.15. The summed E-state index contributed by atoms with van der Waals surface area (Å²) in [6, 6.07) is 10.1. The van der Waals surface area contributed by atoms with Crippen molar-refractivity contribution in [3.8, 4) is 0 Å². The topological polar surface area (TPSA) is 26.3 Å². The second kappa shape index (κ2) is 5.33. The van der Waals surface area contributed by atoms with Crippen LogP contribution < -0.4 is 0 Å². The molecule has 2 rings (SSSR count). The SMILES string of the molecule is CCC(C(=O)C1CC(C)(C)OC1(C)C)c1ccccc1.